The van der Waals surface area contributed by atoms with Crippen LogP contribution in [-0.2, 0) is 9.59 Å². The number of hydrogen-bond donors (Lipinski definition) is 0. The molecule has 1 saturated heterocycles. The monoisotopic (exact) mass is 429 g/mol. The van der Waals surface area contributed by atoms with E-state index in [1.54, 1.807) is 36.4 Å². The molecule has 0 aliphatic carbocycles. The second-order valence-corrected chi connectivity index (χ2v) is 7.89. The minimum absolute atomic E-state index is 0.0721. The molecule has 0 spiro atoms. The molecule has 0 aromatic heterocycles. The van der Waals surface area contributed by atoms with Crippen molar-refractivity contribution in [1.29, 1.82) is 0 Å². The number of anilines is 2. The molecule has 0 radical (unpaired) electrons. The Balaban J connectivity index is 1.54. The van der Waals surface area contributed by atoms with E-state index in [-0.39, 0.29) is 10.6 Å². The molecule has 150 valence electrons. The Morgan fingerprint density at radius 3 is 1.97 bits per heavy atom. The van der Waals surface area contributed by atoms with E-state index in [2.05, 4.69) is 16.7 Å². The molecule has 2 aliphatic heterocycles. The highest BCUT2D eigenvalue weighted by Crippen LogP contribution is 2.35. The van der Waals surface area contributed by atoms with Crippen molar-refractivity contribution in [3.05, 3.63) is 64.1 Å². The van der Waals surface area contributed by atoms with Crippen LogP contribution in [0.5, 0.6) is 0 Å². The van der Waals surface area contributed by atoms with Gasteiger partial charge in [0.1, 0.15) is 5.03 Å². The Morgan fingerprint density at radius 1 is 0.793 bits per heavy atom. The summed E-state index contributed by atoms with van der Waals surface area (Å²) >= 11 is 12.2. The largest absolute Gasteiger partial charge is 0.369 e. The van der Waals surface area contributed by atoms with Crippen LogP contribution in [0.3, 0.4) is 0 Å². The number of amides is 2. The minimum atomic E-state index is -0.508. The second-order valence-electron chi connectivity index (χ2n) is 7.08. The second kappa shape index (κ2) is 8.19. The van der Waals surface area contributed by atoms with E-state index in [1.807, 2.05) is 12.1 Å². The standard InChI is InChI=1S/C22H21Cl2N3O2/c1-2-25-11-13-26(14-12-25)17-7-9-18(10-8-17)27-21(28)19(20(24)22(27)29)15-3-5-16(23)6-4-15/h3-10H,2,11-14H2,1H3. The molecule has 2 aromatic rings. The number of piperazine rings is 1. The number of rotatable bonds is 4. The van der Waals surface area contributed by atoms with E-state index < -0.39 is 11.8 Å². The predicted octanol–water partition coefficient (Wildman–Crippen LogP) is 4.01. The highest BCUT2D eigenvalue weighted by molar-refractivity contribution is 6.60. The molecular weight excluding hydrogens is 409 g/mol. The SMILES string of the molecule is CCN1CCN(c2ccc(N3C(=O)C(Cl)=C(c4ccc(Cl)cc4)C3=O)cc2)CC1. The van der Waals surface area contributed by atoms with Crippen molar-refractivity contribution in [3.63, 3.8) is 0 Å². The summed E-state index contributed by atoms with van der Waals surface area (Å²) in [5.41, 5.74) is 2.37. The van der Waals surface area contributed by atoms with E-state index in [9.17, 15) is 9.59 Å². The van der Waals surface area contributed by atoms with E-state index in [4.69, 9.17) is 23.2 Å². The first-order valence-electron chi connectivity index (χ1n) is 9.61. The van der Waals surface area contributed by atoms with Crippen LogP contribution in [0.2, 0.25) is 5.02 Å². The maximum atomic E-state index is 13.0. The fourth-order valence-corrected chi connectivity index (χ4v) is 4.14. The molecule has 2 amide bonds. The Morgan fingerprint density at radius 2 is 1.38 bits per heavy atom. The molecule has 2 aromatic carbocycles. The van der Waals surface area contributed by atoms with E-state index >= 15 is 0 Å². The van der Waals surface area contributed by atoms with Crippen LogP contribution >= 0.6 is 23.2 Å². The topological polar surface area (TPSA) is 43.9 Å². The molecule has 5 nitrogen and oxygen atoms in total. The molecule has 0 atom stereocenters. The van der Waals surface area contributed by atoms with E-state index in [0.717, 1.165) is 43.3 Å². The third-order valence-electron chi connectivity index (χ3n) is 5.45. The van der Waals surface area contributed by atoms with Gasteiger partial charge in [-0.25, -0.2) is 4.90 Å². The van der Waals surface area contributed by atoms with Gasteiger partial charge < -0.3 is 9.80 Å². The maximum absolute atomic E-state index is 13.0. The summed E-state index contributed by atoms with van der Waals surface area (Å²) in [5.74, 6) is -0.933. The summed E-state index contributed by atoms with van der Waals surface area (Å²) in [5, 5.41) is 0.478. The highest BCUT2D eigenvalue weighted by atomic mass is 35.5. The Hall–Kier alpha value is -2.34. The summed E-state index contributed by atoms with van der Waals surface area (Å²) in [6.45, 7) is 7.23. The summed E-state index contributed by atoms with van der Waals surface area (Å²) in [6.07, 6.45) is 0. The molecule has 2 heterocycles. The number of likely N-dealkylation sites (N-methyl/N-ethyl adjacent to an activating group) is 1. The first kappa shape index (κ1) is 20.0. The van der Waals surface area contributed by atoms with Crippen LogP contribution in [0.15, 0.2) is 53.6 Å². The summed E-state index contributed by atoms with van der Waals surface area (Å²) in [4.78, 5) is 31.5. The lowest BCUT2D eigenvalue weighted by Gasteiger charge is -2.35. The number of nitrogens with zero attached hydrogens (tertiary/aromatic N) is 3. The van der Waals surface area contributed by atoms with Gasteiger partial charge >= 0.3 is 0 Å². The Bertz CT molecular complexity index is 963. The van der Waals surface area contributed by atoms with Gasteiger partial charge in [-0.1, -0.05) is 42.3 Å². The van der Waals surface area contributed by atoms with Gasteiger partial charge in [0.15, 0.2) is 0 Å². The fraction of sp³-hybridized carbons (Fsp3) is 0.273. The fourth-order valence-electron chi connectivity index (χ4n) is 3.74. The zero-order valence-corrected chi connectivity index (χ0v) is 17.6. The van der Waals surface area contributed by atoms with Gasteiger partial charge in [-0.3, -0.25) is 9.59 Å². The minimum Gasteiger partial charge on any atom is -0.369 e. The van der Waals surface area contributed by atoms with Crippen LogP contribution in [0, 0.1) is 0 Å². The van der Waals surface area contributed by atoms with Crippen molar-refractivity contribution in [3.8, 4) is 0 Å². The molecule has 0 unspecified atom stereocenters. The van der Waals surface area contributed by atoms with Crippen molar-refractivity contribution >= 4 is 52.0 Å². The third-order valence-corrected chi connectivity index (χ3v) is 6.06. The van der Waals surface area contributed by atoms with Gasteiger partial charge in [0.25, 0.3) is 11.8 Å². The Labute approximate surface area is 180 Å². The van der Waals surface area contributed by atoms with Gasteiger partial charge in [0.2, 0.25) is 0 Å². The van der Waals surface area contributed by atoms with Crippen LogP contribution in [0.1, 0.15) is 12.5 Å². The summed E-state index contributed by atoms with van der Waals surface area (Å²) in [7, 11) is 0. The number of hydrogen-bond acceptors (Lipinski definition) is 4. The van der Waals surface area contributed by atoms with Crippen LogP contribution in [0.25, 0.3) is 5.57 Å². The smallest absolute Gasteiger partial charge is 0.277 e. The zero-order chi connectivity index (χ0) is 20.5. The molecule has 2 aliphatic rings. The predicted molar refractivity (Wildman–Crippen MR) is 117 cm³/mol. The summed E-state index contributed by atoms with van der Waals surface area (Å²) < 4.78 is 0. The summed E-state index contributed by atoms with van der Waals surface area (Å²) in [6, 6.07) is 14.2. The van der Waals surface area contributed by atoms with Gasteiger partial charge in [0, 0.05) is 36.9 Å². The average molecular weight is 430 g/mol. The molecular formula is C22H21Cl2N3O2. The van der Waals surface area contributed by atoms with Crippen molar-refractivity contribution in [2.75, 3.05) is 42.5 Å². The van der Waals surface area contributed by atoms with Gasteiger partial charge in [-0.15, -0.1) is 0 Å². The lowest BCUT2D eigenvalue weighted by atomic mass is 10.1. The zero-order valence-electron chi connectivity index (χ0n) is 16.1. The number of benzene rings is 2. The molecule has 0 bridgehead atoms. The van der Waals surface area contributed by atoms with Gasteiger partial charge in [-0.05, 0) is 48.5 Å². The quantitative estimate of drug-likeness (QED) is 0.688. The van der Waals surface area contributed by atoms with Crippen LogP contribution in [0.4, 0.5) is 11.4 Å². The maximum Gasteiger partial charge on any atom is 0.277 e. The molecule has 0 N–H and O–H groups in total. The van der Waals surface area contributed by atoms with Crippen LogP contribution < -0.4 is 9.80 Å². The van der Waals surface area contributed by atoms with Crippen molar-refractivity contribution in [1.82, 2.24) is 4.90 Å². The number of carbonyl (C=O) groups excluding carboxylic acids is 2. The number of carbonyl (C=O) groups is 2. The van der Waals surface area contributed by atoms with E-state index in [1.165, 1.54) is 0 Å². The van der Waals surface area contributed by atoms with Gasteiger partial charge in [-0.2, -0.15) is 0 Å². The highest BCUT2D eigenvalue weighted by Gasteiger charge is 2.39. The first-order valence-corrected chi connectivity index (χ1v) is 10.4. The normalized spacial score (nSPS) is 18.2. The first-order chi connectivity index (χ1) is 14.0. The van der Waals surface area contributed by atoms with Crippen molar-refractivity contribution in [2.24, 2.45) is 0 Å². The number of imide groups is 1. The lowest BCUT2D eigenvalue weighted by Crippen LogP contribution is -2.46. The Kier molecular flexibility index (Phi) is 5.63. The molecule has 1 fully saturated rings. The molecule has 4 rings (SSSR count). The van der Waals surface area contributed by atoms with E-state index in [0.29, 0.717) is 16.3 Å². The third kappa shape index (κ3) is 3.78. The molecule has 0 saturated carbocycles. The van der Waals surface area contributed by atoms with Crippen LogP contribution in [-0.4, -0.2) is 49.4 Å². The molecule has 7 heteroatoms. The lowest BCUT2D eigenvalue weighted by molar-refractivity contribution is -0.119. The van der Waals surface area contributed by atoms with Gasteiger partial charge in [0.05, 0.1) is 11.3 Å². The number of halogens is 2. The van der Waals surface area contributed by atoms with Crippen molar-refractivity contribution < 1.29 is 9.59 Å². The average Bonchev–Trinajstić information content (AvgIpc) is 2.97. The molecule has 29 heavy (non-hydrogen) atoms. The van der Waals surface area contributed by atoms with Crippen molar-refractivity contribution in [2.45, 2.75) is 6.92 Å².